The molecule has 0 spiro atoms. The van der Waals surface area contributed by atoms with Crippen LogP contribution in [0.25, 0.3) is 10.9 Å². The minimum Gasteiger partial charge on any atom is -0.494 e. The van der Waals surface area contributed by atoms with Crippen molar-refractivity contribution in [1.82, 2.24) is 4.98 Å². The summed E-state index contributed by atoms with van der Waals surface area (Å²) in [7, 11) is 1.03. The predicted octanol–water partition coefficient (Wildman–Crippen LogP) is 3.64. The number of nitrogens with zero attached hydrogens (tertiary/aromatic N) is 1. The lowest BCUT2D eigenvalue weighted by Crippen LogP contribution is -2.13. The number of alkyl halides is 3. The van der Waals surface area contributed by atoms with Gasteiger partial charge in [-0.05, 0) is 17.7 Å². The molecule has 0 amide bonds. The van der Waals surface area contributed by atoms with Crippen molar-refractivity contribution in [3.63, 3.8) is 0 Å². The molecule has 0 unspecified atom stereocenters. The van der Waals surface area contributed by atoms with Gasteiger partial charge in [0.25, 0.3) is 5.24 Å². The summed E-state index contributed by atoms with van der Waals surface area (Å²) in [6.07, 6.45) is -4.74. The number of hydrogen-bond donors (Lipinski definition) is 0. The van der Waals surface area contributed by atoms with Gasteiger partial charge in [0, 0.05) is 5.39 Å². The van der Waals surface area contributed by atoms with Gasteiger partial charge in [-0.2, -0.15) is 13.2 Å². The molecule has 0 aliphatic carbocycles. The van der Waals surface area contributed by atoms with Crippen LogP contribution in [0.2, 0.25) is 0 Å². The van der Waals surface area contributed by atoms with E-state index in [1.807, 2.05) is 0 Å². The van der Waals surface area contributed by atoms with Crippen LogP contribution in [-0.2, 0) is 6.18 Å². The van der Waals surface area contributed by atoms with Crippen molar-refractivity contribution in [3.8, 4) is 5.75 Å². The minimum absolute atomic E-state index is 0.0274. The maximum atomic E-state index is 12.9. The number of hydrogen-bond acceptors (Lipinski definition) is 3. The lowest BCUT2D eigenvalue weighted by molar-refractivity contribution is -0.142. The van der Waals surface area contributed by atoms with Crippen LogP contribution in [0.5, 0.6) is 5.75 Å². The van der Waals surface area contributed by atoms with Gasteiger partial charge in [-0.3, -0.25) is 4.79 Å². The Balaban J connectivity index is 2.96. The molecule has 2 rings (SSSR count). The molecule has 100 valence electrons. The van der Waals surface area contributed by atoms with Crippen LogP contribution in [0.1, 0.15) is 16.1 Å². The van der Waals surface area contributed by atoms with E-state index in [9.17, 15) is 18.0 Å². The molecule has 0 bridgehead atoms. The number of rotatable bonds is 2. The summed E-state index contributed by atoms with van der Waals surface area (Å²) in [4.78, 5) is 14.9. The smallest absolute Gasteiger partial charge is 0.437 e. The Hall–Kier alpha value is -1.82. The molecule has 0 radical (unpaired) electrons. The SMILES string of the molecule is COc1c(C(F)(F)F)nc2ccccc2c1C(=O)Cl. The van der Waals surface area contributed by atoms with Crippen LogP contribution in [0.4, 0.5) is 13.2 Å². The topological polar surface area (TPSA) is 39.2 Å². The Labute approximate surface area is 111 Å². The van der Waals surface area contributed by atoms with Crippen molar-refractivity contribution < 1.29 is 22.7 Å². The Morgan fingerprint density at radius 1 is 1.32 bits per heavy atom. The lowest BCUT2D eigenvalue weighted by atomic mass is 10.1. The second-order valence-electron chi connectivity index (χ2n) is 3.66. The largest absolute Gasteiger partial charge is 0.494 e. The number of pyridine rings is 1. The van der Waals surface area contributed by atoms with Gasteiger partial charge in [-0.25, -0.2) is 4.98 Å². The van der Waals surface area contributed by atoms with Crippen molar-refractivity contribution in [2.24, 2.45) is 0 Å². The standard InChI is InChI=1S/C12H7ClF3NO2/c1-19-9-8(11(13)18)6-4-2-3-5-7(6)17-10(9)12(14,15)16/h2-5H,1H3. The van der Waals surface area contributed by atoms with Crippen molar-refractivity contribution in [1.29, 1.82) is 0 Å². The normalized spacial score (nSPS) is 11.6. The van der Waals surface area contributed by atoms with Gasteiger partial charge in [-0.1, -0.05) is 18.2 Å². The fourth-order valence-corrected chi connectivity index (χ4v) is 1.97. The van der Waals surface area contributed by atoms with E-state index >= 15 is 0 Å². The van der Waals surface area contributed by atoms with E-state index in [1.54, 1.807) is 6.07 Å². The van der Waals surface area contributed by atoms with Gasteiger partial charge >= 0.3 is 6.18 Å². The molecule has 0 N–H and O–H groups in total. The van der Waals surface area contributed by atoms with E-state index in [1.165, 1.54) is 18.2 Å². The first-order chi connectivity index (χ1) is 8.86. The van der Waals surface area contributed by atoms with Crippen LogP contribution >= 0.6 is 11.6 Å². The number of carbonyl (C=O) groups excluding carboxylic acids is 1. The van der Waals surface area contributed by atoms with E-state index < -0.39 is 22.9 Å². The third kappa shape index (κ3) is 2.35. The van der Waals surface area contributed by atoms with Gasteiger partial charge in [0.15, 0.2) is 11.4 Å². The fraction of sp³-hybridized carbons (Fsp3) is 0.167. The number of carbonyl (C=O) groups is 1. The molecule has 1 heterocycles. The summed E-state index contributed by atoms with van der Waals surface area (Å²) in [5, 5.41) is -0.812. The second kappa shape index (κ2) is 4.70. The molecule has 0 atom stereocenters. The highest BCUT2D eigenvalue weighted by Crippen LogP contribution is 2.40. The highest BCUT2D eigenvalue weighted by molar-refractivity contribution is 6.69. The maximum absolute atomic E-state index is 12.9. The van der Waals surface area contributed by atoms with E-state index in [-0.39, 0.29) is 16.5 Å². The third-order valence-corrected chi connectivity index (χ3v) is 2.71. The zero-order chi connectivity index (χ0) is 14.2. The molecule has 2 aromatic rings. The number of aromatic nitrogens is 1. The summed E-state index contributed by atoms with van der Waals surface area (Å²) < 4.78 is 43.4. The van der Waals surface area contributed by atoms with Gasteiger partial charge < -0.3 is 4.74 Å². The summed E-state index contributed by atoms with van der Waals surface area (Å²) in [6.45, 7) is 0. The van der Waals surface area contributed by atoms with Gasteiger partial charge in [0.2, 0.25) is 0 Å². The zero-order valence-corrected chi connectivity index (χ0v) is 10.3. The molecule has 1 aromatic heterocycles. The predicted molar refractivity (Wildman–Crippen MR) is 63.5 cm³/mol. The van der Waals surface area contributed by atoms with E-state index in [0.29, 0.717) is 0 Å². The first kappa shape index (κ1) is 13.6. The van der Waals surface area contributed by atoms with Gasteiger partial charge in [0.05, 0.1) is 18.2 Å². The van der Waals surface area contributed by atoms with Gasteiger partial charge in [0.1, 0.15) is 0 Å². The van der Waals surface area contributed by atoms with Crippen molar-refractivity contribution in [3.05, 3.63) is 35.5 Å². The molecule has 3 nitrogen and oxygen atoms in total. The average molecular weight is 290 g/mol. The monoisotopic (exact) mass is 289 g/mol. The highest BCUT2D eigenvalue weighted by Gasteiger charge is 2.39. The van der Waals surface area contributed by atoms with Crippen molar-refractivity contribution >= 4 is 27.7 Å². The quantitative estimate of drug-likeness (QED) is 0.792. The minimum atomic E-state index is -4.74. The van der Waals surface area contributed by atoms with Crippen molar-refractivity contribution in [2.45, 2.75) is 6.18 Å². The third-order valence-electron chi connectivity index (χ3n) is 2.52. The van der Waals surface area contributed by atoms with Crippen LogP contribution in [-0.4, -0.2) is 17.3 Å². The maximum Gasteiger partial charge on any atom is 0.437 e. The Morgan fingerprint density at radius 3 is 2.47 bits per heavy atom. The molecule has 19 heavy (non-hydrogen) atoms. The van der Waals surface area contributed by atoms with Crippen LogP contribution in [0, 0.1) is 0 Å². The van der Waals surface area contributed by atoms with E-state index in [4.69, 9.17) is 11.6 Å². The van der Waals surface area contributed by atoms with Crippen LogP contribution in [0.15, 0.2) is 24.3 Å². The number of para-hydroxylation sites is 1. The Bertz CT molecular complexity index is 655. The number of halogens is 4. The molecule has 0 saturated carbocycles. The Kier molecular flexibility index (Phi) is 3.36. The Morgan fingerprint density at radius 2 is 1.95 bits per heavy atom. The molecule has 0 aliphatic rings. The van der Waals surface area contributed by atoms with Crippen LogP contribution in [0.3, 0.4) is 0 Å². The average Bonchev–Trinajstić information content (AvgIpc) is 2.34. The highest BCUT2D eigenvalue weighted by atomic mass is 35.5. The summed E-state index contributed by atoms with van der Waals surface area (Å²) >= 11 is 5.37. The molecule has 0 aliphatic heterocycles. The molecule has 7 heteroatoms. The molecule has 1 aromatic carbocycles. The zero-order valence-electron chi connectivity index (χ0n) is 9.58. The van der Waals surface area contributed by atoms with Gasteiger partial charge in [-0.15, -0.1) is 0 Å². The van der Waals surface area contributed by atoms with E-state index in [2.05, 4.69) is 9.72 Å². The van der Waals surface area contributed by atoms with Crippen molar-refractivity contribution in [2.75, 3.05) is 7.11 Å². The summed E-state index contributed by atoms with van der Waals surface area (Å²) in [5.74, 6) is -0.661. The molecule has 0 saturated heterocycles. The number of benzene rings is 1. The van der Waals surface area contributed by atoms with Crippen LogP contribution < -0.4 is 4.74 Å². The molecular formula is C12H7ClF3NO2. The summed E-state index contributed by atoms with van der Waals surface area (Å²) in [5.41, 5.74) is -1.57. The number of fused-ring (bicyclic) bond motifs is 1. The number of ether oxygens (including phenoxy) is 1. The molecule has 0 fully saturated rings. The summed E-state index contributed by atoms with van der Waals surface area (Å²) in [6, 6.07) is 5.92. The first-order valence-electron chi connectivity index (χ1n) is 5.10. The van der Waals surface area contributed by atoms with E-state index in [0.717, 1.165) is 7.11 Å². The first-order valence-corrected chi connectivity index (χ1v) is 5.47. The molecular weight excluding hydrogens is 283 g/mol. The second-order valence-corrected chi connectivity index (χ2v) is 4.00. The fourth-order valence-electron chi connectivity index (χ4n) is 1.78. The number of methoxy groups -OCH3 is 1. The lowest BCUT2D eigenvalue weighted by Gasteiger charge is -2.15.